The summed E-state index contributed by atoms with van der Waals surface area (Å²) >= 11 is 0. The molecule has 0 aliphatic heterocycles. The smallest absolute Gasteiger partial charge is 0.0876 e. The van der Waals surface area contributed by atoms with Crippen molar-refractivity contribution in [3.8, 4) is 0 Å². The van der Waals surface area contributed by atoms with E-state index in [1.54, 1.807) is 6.92 Å². The van der Waals surface area contributed by atoms with E-state index in [0.717, 1.165) is 0 Å². The molecule has 4 heteroatoms. The zero-order valence-corrected chi connectivity index (χ0v) is 4.92. The van der Waals surface area contributed by atoms with Gasteiger partial charge in [0.1, 0.15) is 0 Å². The van der Waals surface area contributed by atoms with Crippen LogP contribution in [0.1, 0.15) is 6.92 Å². The van der Waals surface area contributed by atoms with Crippen LogP contribution in [-0.4, -0.2) is 24.7 Å². The molecular formula is C4H9NO3. The highest BCUT2D eigenvalue weighted by Crippen LogP contribution is 1.77. The molecule has 0 amide bonds. The summed E-state index contributed by atoms with van der Waals surface area (Å²) in [7, 11) is 1.54. The molecule has 0 fully saturated rings. The monoisotopic (exact) mass is 119 g/mol. The lowest BCUT2D eigenvalue weighted by Crippen LogP contribution is -2.01. The predicted octanol–water partition coefficient (Wildman–Crippen LogP) is 0.498. The molecule has 48 valence electrons. The zero-order valence-electron chi connectivity index (χ0n) is 4.92. The van der Waals surface area contributed by atoms with Gasteiger partial charge in [0.25, 0.3) is 0 Å². The maximum atomic E-state index is 7.72. The van der Waals surface area contributed by atoms with Crippen molar-refractivity contribution in [1.29, 1.82) is 0 Å². The highest BCUT2D eigenvalue weighted by atomic mass is 17.2. The Morgan fingerprint density at radius 1 is 1.75 bits per heavy atom. The van der Waals surface area contributed by atoms with Gasteiger partial charge < -0.3 is 4.74 Å². The summed E-state index contributed by atoms with van der Waals surface area (Å²) in [6, 6.07) is 0. The molecule has 8 heavy (non-hydrogen) atoms. The summed E-state index contributed by atoms with van der Waals surface area (Å²) in [6.07, 6.45) is 0. The van der Waals surface area contributed by atoms with Crippen LogP contribution in [0.3, 0.4) is 0 Å². The summed E-state index contributed by atoms with van der Waals surface area (Å²) in [4.78, 5) is 3.46. The normalized spacial score (nSPS) is 11.6. The van der Waals surface area contributed by atoms with Crippen LogP contribution in [-0.2, 0) is 9.73 Å². The van der Waals surface area contributed by atoms with Gasteiger partial charge >= 0.3 is 0 Å². The van der Waals surface area contributed by atoms with Crippen molar-refractivity contribution in [3.05, 3.63) is 0 Å². The standard InChI is InChI=1S/C4H9NO3/c1-4(3-7-2)5-8-6/h6H,3H2,1-2H3/b5-4-. The van der Waals surface area contributed by atoms with Crippen LogP contribution < -0.4 is 0 Å². The second kappa shape index (κ2) is 4.55. The molecule has 0 radical (unpaired) electrons. The number of nitrogens with zero attached hydrogens (tertiary/aromatic N) is 1. The molecule has 0 rings (SSSR count). The van der Waals surface area contributed by atoms with Crippen LogP contribution in [0.25, 0.3) is 0 Å². The third kappa shape index (κ3) is 3.58. The van der Waals surface area contributed by atoms with Gasteiger partial charge in [-0.2, -0.15) is 5.26 Å². The van der Waals surface area contributed by atoms with E-state index in [2.05, 4.69) is 14.9 Å². The molecule has 0 aliphatic carbocycles. The summed E-state index contributed by atoms with van der Waals surface area (Å²) in [5.41, 5.74) is 0.593. The third-order valence-electron chi connectivity index (χ3n) is 0.550. The van der Waals surface area contributed by atoms with Gasteiger partial charge in [-0.1, -0.05) is 5.16 Å². The molecule has 0 aliphatic rings. The summed E-state index contributed by atoms with van der Waals surface area (Å²) in [5.74, 6) is 0. The van der Waals surface area contributed by atoms with Gasteiger partial charge in [-0.25, -0.2) is 4.99 Å². The molecule has 0 unspecified atom stereocenters. The Kier molecular flexibility index (Phi) is 4.20. The van der Waals surface area contributed by atoms with Gasteiger partial charge in [-0.05, 0) is 6.92 Å². The molecule has 0 aromatic heterocycles. The van der Waals surface area contributed by atoms with E-state index < -0.39 is 0 Å². The topological polar surface area (TPSA) is 51.0 Å². The van der Waals surface area contributed by atoms with Crippen molar-refractivity contribution >= 4 is 5.71 Å². The van der Waals surface area contributed by atoms with Crippen molar-refractivity contribution < 1.29 is 15.0 Å². The van der Waals surface area contributed by atoms with Gasteiger partial charge in [0.05, 0.1) is 12.3 Å². The fourth-order valence-electron chi connectivity index (χ4n) is 0.305. The van der Waals surface area contributed by atoms with Gasteiger partial charge in [0, 0.05) is 7.11 Å². The summed E-state index contributed by atoms with van der Waals surface area (Å²) in [5, 5.41) is 10.9. The lowest BCUT2D eigenvalue weighted by Gasteiger charge is -1.92. The first kappa shape index (κ1) is 7.39. The third-order valence-corrected chi connectivity index (χ3v) is 0.550. The Balaban J connectivity index is 3.29. The molecule has 0 bridgehead atoms. The first-order chi connectivity index (χ1) is 3.81. The first-order valence-electron chi connectivity index (χ1n) is 2.14. The van der Waals surface area contributed by atoms with Crippen LogP contribution in [0.4, 0.5) is 0 Å². The first-order valence-corrected chi connectivity index (χ1v) is 2.14. The van der Waals surface area contributed by atoms with Gasteiger partial charge in [-0.15, -0.1) is 0 Å². The molecule has 0 saturated carbocycles. The molecule has 0 saturated heterocycles. The summed E-state index contributed by atoms with van der Waals surface area (Å²) in [6.45, 7) is 2.06. The van der Waals surface area contributed by atoms with E-state index in [1.807, 2.05) is 0 Å². The van der Waals surface area contributed by atoms with Crippen LogP contribution in [0.2, 0.25) is 0 Å². The predicted molar refractivity (Wildman–Crippen MR) is 28.7 cm³/mol. The lowest BCUT2D eigenvalue weighted by molar-refractivity contribution is -0.243. The molecule has 0 atom stereocenters. The number of ether oxygens (including phenoxy) is 1. The van der Waals surface area contributed by atoms with E-state index in [4.69, 9.17) is 5.26 Å². The number of methoxy groups -OCH3 is 1. The zero-order chi connectivity index (χ0) is 6.41. The van der Waals surface area contributed by atoms with Crippen LogP contribution >= 0.6 is 0 Å². The van der Waals surface area contributed by atoms with Crippen LogP contribution in [0.5, 0.6) is 0 Å². The maximum absolute atomic E-state index is 7.72. The van der Waals surface area contributed by atoms with Crippen molar-refractivity contribution in [3.63, 3.8) is 0 Å². The second-order valence-electron chi connectivity index (χ2n) is 1.34. The van der Waals surface area contributed by atoms with E-state index in [-0.39, 0.29) is 0 Å². The lowest BCUT2D eigenvalue weighted by atomic mass is 10.5. The Morgan fingerprint density at radius 3 is 2.75 bits per heavy atom. The molecule has 4 nitrogen and oxygen atoms in total. The largest absolute Gasteiger partial charge is 0.379 e. The quantitative estimate of drug-likeness (QED) is 0.334. The Morgan fingerprint density at radius 2 is 2.38 bits per heavy atom. The van der Waals surface area contributed by atoms with E-state index in [9.17, 15) is 0 Å². The van der Waals surface area contributed by atoms with Crippen molar-refractivity contribution in [1.82, 2.24) is 0 Å². The average molecular weight is 119 g/mol. The minimum absolute atomic E-state index is 0.376. The molecule has 0 spiro atoms. The van der Waals surface area contributed by atoms with Gasteiger partial charge in [-0.3, -0.25) is 0 Å². The van der Waals surface area contributed by atoms with Crippen molar-refractivity contribution in [2.45, 2.75) is 6.92 Å². The number of rotatable bonds is 3. The van der Waals surface area contributed by atoms with E-state index >= 15 is 0 Å². The Labute approximate surface area is 47.6 Å². The molecule has 0 aromatic rings. The number of oxime groups is 1. The second-order valence-corrected chi connectivity index (χ2v) is 1.34. The summed E-state index contributed by atoms with van der Waals surface area (Å²) < 4.78 is 4.63. The van der Waals surface area contributed by atoms with Crippen LogP contribution in [0, 0.1) is 0 Å². The molecular weight excluding hydrogens is 110 g/mol. The van der Waals surface area contributed by atoms with Crippen molar-refractivity contribution in [2.24, 2.45) is 5.16 Å². The highest BCUT2D eigenvalue weighted by molar-refractivity contribution is 5.82. The number of hydrogen-bond acceptors (Lipinski definition) is 4. The van der Waals surface area contributed by atoms with Crippen LogP contribution in [0.15, 0.2) is 5.16 Å². The number of hydrogen-bond donors (Lipinski definition) is 1. The maximum Gasteiger partial charge on any atom is 0.0876 e. The van der Waals surface area contributed by atoms with E-state index in [1.165, 1.54) is 7.11 Å². The Bertz CT molecular complexity index is 81.4. The van der Waals surface area contributed by atoms with Gasteiger partial charge in [0.15, 0.2) is 0 Å². The average Bonchev–Trinajstić information content (AvgIpc) is 1.68. The molecule has 0 aromatic carbocycles. The fourth-order valence-corrected chi connectivity index (χ4v) is 0.305. The van der Waals surface area contributed by atoms with Gasteiger partial charge in [0.2, 0.25) is 0 Å². The van der Waals surface area contributed by atoms with Crippen molar-refractivity contribution in [2.75, 3.05) is 13.7 Å². The highest BCUT2D eigenvalue weighted by Gasteiger charge is 1.86. The molecule has 0 heterocycles. The molecule has 1 N–H and O–H groups in total. The Hall–Kier alpha value is -0.610. The minimum Gasteiger partial charge on any atom is -0.379 e. The fraction of sp³-hybridized carbons (Fsp3) is 0.750. The van der Waals surface area contributed by atoms with E-state index in [0.29, 0.717) is 12.3 Å². The SMILES string of the molecule is COC/C(C)=N\OO. The minimum atomic E-state index is 0.376.